The number of nitrogens with one attached hydrogen (secondary N) is 1. The molecular formula is C20H18N4OS. The summed E-state index contributed by atoms with van der Waals surface area (Å²) in [5.41, 5.74) is 7.40. The average Bonchev–Trinajstić information content (AvgIpc) is 3.20. The van der Waals surface area contributed by atoms with Gasteiger partial charge in [-0.2, -0.15) is 5.10 Å². The van der Waals surface area contributed by atoms with Crippen LogP contribution in [0.15, 0.2) is 52.5 Å². The summed E-state index contributed by atoms with van der Waals surface area (Å²) < 4.78 is 0. The van der Waals surface area contributed by atoms with Crippen LogP contribution in [0.5, 0.6) is 0 Å². The number of rotatable bonds is 4. The van der Waals surface area contributed by atoms with Gasteiger partial charge in [-0.15, -0.1) is 11.3 Å². The Hall–Kier alpha value is -2.73. The zero-order chi connectivity index (χ0) is 17.6. The van der Waals surface area contributed by atoms with Gasteiger partial charge in [0.25, 0.3) is 0 Å². The van der Waals surface area contributed by atoms with Gasteiger partial charge in [0, 0.05) is 29.0 Å². The fourth-order valence-corrected chi connectivity index (χ4v) is 4.46. The first-order valence-electron chi connectivity index (χ1n) is 8.75. The van der Waals surface area contributed by atoms with E-state index in [2.05, 4.69) is 62.1 Å². The molecule has 5 rings (SSSR count). The van der Waals surface area contributed by atoms with Crippen LogP contribution in [0.25, 0.3) is 6.08 Å². The molecule has 0 saturated heterocycles. The van der Waals surface area contributed by atoms with Crippen molar-refractivity contribution < 1.29 is 5.21 Å². The topological polar surface area (TPSA) is 74.2 Å². The summed E-state index contributed by atoms with van der Waals surface area (Å²) >= 11 is 1.61. The fraction of sp³-hybridized carbons (Fsp3) is 0.250. The lowest BCUT2D eigenvalue weighted by Gasteiger charge is -2.32. The highest BCUT2D eigenvalue weighted by molar-refractivity contribution is 7.07. The monoisotopic (exact) mass is 362 g/mol. The summed E-state index contributed by atoms with van der Waals surface area (Å²) in [5, 5.41) is 22.8. The lowest BCUT2D eigenvalue weighted by molar-refractivity contribution is 0.317. The minimum atomic E-state index is -0.311. The average molecular weight is 362 g/mol. The minimum Gasteiger partial charge on any atom is -0.411 e. The summed E-state index contributed by atoms with van der Waals surface area (Å²) in [7, 11) is 0. The van der Waals surface area contributed by atoms with Crippen molar-refractivity contribution in [3.63, 3.8) is 0 Å². The molecule has 0 amide bonds. The third-order valence-corrected chi connectivity index (χ3v) is 5.95. The Morgan fingerprint density at radius 2 is 2.12 bits per heavy atom. The lowest BCUT2D eigenvalue weighted by atomic mass is 9.71. The number of hydrogen-bond donors (Lipinski definition) is 2. The summed E-state index contributed by atoms with van der Waals surface area (Å²) in [6.45, 7) is 0. The van der Waals surface area contributed by atoms with Gasteiger partial charge >= 0.3 is 0 Å². The predicted molar refractivity (Wildman–Crippen MR) is 102 cm³/mol. The first kappa shape index (κ1) is 15.5. The normalized spacial score (nSPS) is 22.4. The second-order valence-corrected chi connectivity index (χ2v) is 7.66. The first-order valence-corrected chi connectivity index (χ1v) is 9.69. The van der Waals surface area contributed by atoms with E-state index < -0.39 is 0 Å². The van der Waals surface area contributed by atoms with Crippen molar-refractivity contribution in [3.8, 4) is 0 Å². The quantitative estimate of drug-likeness (QED) is 0.418. The maximum absolute atomic E-state index is 9.44. The second-order valence-electron chi connectivity index (χ2n) is 6.95. The predicted octanol–water partition coefficient (Wildman–Crippen LogP) is 4.01. The van der Waals surface area contributed by atoms with Gasteiger partial charge in [0.1, 0.15) is 11.4 Å². The minimum absolute atomic E-state index is 0.311. The van der Waals surface area contributed by atoms with Gasteiger partial charge in [0.15, 0.2) is 0 Å². The van der Waals surface area contributed by atoms with Crippen LogP contribution in [0, 0.1) is 5.92 Å². The number of H-pyrrole nitrogens is 1. The number of oxime groups is 1. The molecule has 130 valence electrons. The largest absolute Gasteiger partial charge is 0.411 e. The highest BCUT2D eigenvalue weighted by Crippen LogP contribution is 2.42. The van der Waals surface area contributed by atoms with E-state index in [-0.39, 0.29) is 5.41 Å². The number of allylic oxidation sites excluding steroid dienone is 1. The fourth-order valence-electron chi connectivity index (χ4n) is 3.83. The van der Waals surface area contributed by atoms with E-state index in [0.29, 0.717) is 11.6 Å². The van der Waals surface area contributed by atoms with Crippen LogP contribution in [0.2, 0.25) is 0 Å². The highest BCUT2D eigenvalue weighted by Gasteiger charge is 2.39. The molecular weight excluding hydrogens is 344 g/mol. The molecule has 1 atom stereocenters. The molecule has 1 aromatic carbocycles. The third-order valence-electron chi connectivity index (χ3n) is 5.37. The number of fused-ring (bicyclic) bond motifs is 1. The van der Waals surface area contributed by atoms with Crippen molar-refractivity contribution in [2.75, 3.05) is 0 Å². The van der Waals surface area contributed by atoms with Gasteiger partial charge < -0.3 is 5.21 Å². The third kappa shape index (κ3) is 2.33. The van der Waals surface area contributed by atoms with Gasteiger partial charge in [0.05, 0.1) is 16.6 Å². The van der Waals surface area contributed by atoms with Crippen LogP contribution < -0.4 is 0 Å². The molecule has 1 saturated carbocycles. The van der Waals surface area contributed by atoms with Gasteiger partial charge in [-0.3, -0.25) is 5.10 Å². The Bertz CT molecular complexity index is 986. The van der Waals surface area contributed by atoms with E-state index in [1.807, 2.05) is 11.6 Å². The number of hydrogen-bond acceptors (Lipinski definition) is 5. The SMILES string of the molecule is O/N=C(/c1n[nH]c2c1C=CC(c1ccccc1)(c1cscn1)C2)C1CC1. The van der Waals surface area contributed by atoms with Crippen molar-refractivity contribution >= 4 is 23.1 Å². The molecule has 2 N–H and O–H groups in total. The van der Waals surface area contributed by atoms with Crippen molar-refractivity contribution in [3.05, 3.63) is 75.5 Å². The number of aromatic amines is 1. The summed E-state index contributed by atoms with van der Waals surface area (Å²) in [5.74, 6) is 0.333. The van der Waals surface area contributed by atoms with E-state index in [0.717, 1.165) is 41.9 Å². The summed E-state index contributed by atoms with van der Waals surface area (Å²) in [6, 6.07) is 10.5. The van der Waals surface area contributed by atoms with Gasteiger partial charge in [0.2, 0.25) is 0 Å². The number of aromatic nitrogens is 3. The smallest absolute Gasteiger partial charge is 0.117 e. The van der Waals surface area contributed by atoms with E-state index in [1.54, 1.807) is 11.3 Å². The molecule has 0 aliphatic heterocycles. The molecule has 1 fully saturated rings. The Morgan fingerprint density at radius 1 is 1.27 bits per heavy atom. The van der Waals surface area contributed by atoms with Gasteiger partial charge in [-0.25, -0.2) is 4.98 Å². The van der Waals surface area contributed by atoms with Crippen LogP contribution in [0.1, 0.15) is 41.1 Å². The molecule has 0 spiro atoms. The van der Waals surface area contributed by atoms with Crippen LogP contribution in [0.3, 0.4) is 0 Å². The van der Waals surface area contributed by atoms with Crippen LogP contribution in [0.4, 0.5) is 0 Å². The van der Waals surface area contributed by atoms with E-state index >= 15 is 0 Å². The molecule has 2 heterocycles. The van der Waals surface area contributed by atoms with Crippen LogP contribution >= 0.6 is 11.3 Å². The number of thiazole rings is 1. The molecule has 2 aliphatic carbocycles. The summed E-state index contributed by atoms with van der Waals surface area (Å²) in [6.07, 6.45) is 7.22. The number of benzene rings is 1. The van der Waals surface area contributed by atoms with Crippen molar-refractivity contribution in [2.24, 2.45) is 11.1 Å². The maximum atomic E-state index is 9.44. The first-order chi connectivity index (χ1) is 12.8. The van der Waals surface area contributed by atoms with Crippen LogP contribution in [-0.2, 0) is 11.8 Å². The van der Waals surface area contributed by atoms with E-state index in [9.17, 15) is 5.21 Å². The molecule has 5 nitrogen and oxygen atoms in total. The molecule has 2 aliphatic rings. The molecule has 3 aromatic rings. The molecule has 0 radical (unpaired) electrons. The Labute approximate surface area is 155 Å². The van der Waals surface area contributed by atoms with Gasteiger partial charge in [-0.05, 0) is 18.4 Å². The molecule has 1 unspecified atom stereocenters. The second kappa shape index (κ2) is 5.92. The Balaban J connectivity index is 1.63. The molecule has 6 heteroatoms. The molecule has 0 bridgehead atoms. The van der Waals surface area contributed by atoms with Crippen molar-refractivity contribution in [2.45, 2.75) is 24.7 Å². The van der Waals surface area contributed by atoms with Crippen LogP contribution in [-0.4, -0.2) is 26.1 Å². The lowest BCUT2D eigenvalue weighted by Crippen LogP contribution is -2.31. The van der Waals surface area contributed by atoms with E-state index in [1.165, 1.54) is 5.56 Å². The van der Waals surface area contributed by atoms with Gasteiger partial charge in [-0.1, -0.05) is 47.6 Å². The van der Waals surface area contributed by atoms with Crippen molar-refractivity contribution in [1.82, 2.24) is 15.2 Å². The Kier molecular flexibility index (Phi) is 3.53. The van der Waals surface area contributed by atoms with E-state index in [4.69, 9.17) is 0 Å². The number of nitrogens with zero attached hydrogens (tertiary/aromatic N) is 3. The standard InChI is InChI=1S/C20H18N4OS/c25-24-18(13-6-7-13)19-15-8-9-20(10-16(15)22-23-19,17-11-26-12-21-17)14-4-2-1-3-5-14/h1-5,8-9,11-13,25H,6-7,10H2,(H,22,23)/b24-18+. The maximum Gasteiger partial charge on any atom is 0.117 e. The summed E-state index contributed by atoms with van der Waals surface area (Å²) in [4.78, 5) is 4.63. The zero-order valence-electron chi connectivity index (χ0n) is 14.1. The van der Waals surface area contributed by atoms with Crippen molar-refractivity contribution in [1.29, 1.82) is 0 Å². The molecule has 26 heavy (non-hydrogen) atoms. The highest BCUT2D eigenvalue weighted by atomic mass is 32.1. The Morgan fingerprint density at radius 3 is 2.81 bits per heavy atom. The zero-order valence-corrected chi connectivity index (χ0v) is 14.9. The molecule has 2 aromatic heterocycles.